The van der Waals surface area contributed by atoms with Crippen LogP contribution >= 0.6 is 0 Å². The third-order valence-corrected chi connectivity index (χ3v) is 5.06. The van der Waals surface area contributed by atoms with Crippen LogP contribution in [0, 0.1) is 0 Å². The van der Waals surface area contributed by atoms with Crippen LogP contribution in [0.25, 0.3) is 21.9 Å². The normalized spacial score (nSPS) is 13.0. The third kappa shape index (κ3) is 2.45. The highest BCUT2D eigenvalue weighted by Gasteiger charge is 2.23. The van der Waals surface area contributed by atoms with Crippen molar-refractivity contribution in [3.63, 3.8) is 0 Å². The maximum Gasteiger partial charge on any atom is 0.343 e. The summed E-state index contributed by atoms with van der Waals surface area (Å²) in [5.41, 5.74) is 1.30. The first-order valence-corrected chi connectivity index (χ1v) is 9.03. The highest BCUT2D eigenvalue weighted by molar-refractivity contribution is 6.06. The summed E-state index contributed by atoms with van der Waals surface area (Å²) in [6.07, 6.45) is 1.70. The van der Waals surface area contributed by atoms with Gasteiger partial charge in [0, 0.05) is 11.9 Å². The van der Waals surface area contributed by atoms with E-state index in [0.29, 0.717) is 17.5 Å². The van der Waals surface area contributed by atoms with E-state index < -0.39 is 11.6 Å². The van der Waals surface area contributed by atoms with Crippen molar-refractivity contribution < 1.29 is 13.9 Å². The Kier molecular flexibility index (Phi) is 3.65. The highest BCUT2D eigenvalue weighted by atomic mass is 16.5. The molecule has 0 bridgehead atoms. The Morgan fingerprint density at radius 3 is 2.68 bits per heavy atom. The predicted molar refractivity (Wildman–Crippen MR) is 104 cm³/mol. The number of fused-ring (bicyclic) bond motifs is 2. The number of carbonyl (C=O) groups excluding carboxylic acids is 1. The van der Waals surface area contributed by atoms with Crippen LogP contribution in [0.1, 0.15) is 22.3 Å². The van der Waals surface area contributed by atoms with E-state index in [1.165, 1.54) is 0 Å². The Hall–Kier alpha value is -3.67. The number of aromatic nitrogens is 1. The standard InChI is InChI=1S/C22H15NO5/c24-17-12-16(27-22(26)14-6-2-1-3-7-14)18-20(28-17)15-10-4-8-13-9-5-11-23(19(13)15)21(18)25/h1-4,6-8,10,12H,5,9,11H2. The summed E-state index contributed by atoms with van der Waals surface area (Å²) in [5.74, 6) is -0.717. The van der Waals surface area contributed by atoms with E-state index in [1.54, 1.807) is 34.9 Å². The van der Waals surface area contributed by atoms with Crippen LogP contribution in [0.15, 0.2) is 68.6 Å². The van der Waals surface area contributed by atoms with Gasteiger partial charge in [-0.15, -0.1) is 0 Å². The fourth-order valence-electron chi connectivity index (χ4n) is 3.85. The Labute approximate surface area is 158 Å². The fraction of sp³-hybridized carbons (Fsp3) is 0.136. The van der Waals surface area contributed by atoms with Crippen LogP contribution in [0.2, 0.25) is 0 Å². The van der Waals surface area contributed by atoms with E-state index in [-0.39, 0.29) is 22.3 Å². The molecule has 0 aliphatic carbocycles. The van der Waals surface area contributed by atoms with E-state index in [2.05, 4.69) is 0 Å². The number of aryl methyl sites for hydroxylation is 2. The number of para-hydroxylation sites is 1. The molecule has 0 N–H and O–H groups in total. The Morgan fingerprint density at radius 2 is 1.86 bits per heavy atom. The molecule has 0 atom stereocenters. The first-order valence-electron chi connectivity index (χ1n) is 9.03. The number of pyridine rings is 1. The number of benzene rings is 2. The lowest BCUT2D eigenvalue weighted by Gasteiger charge is -2.20. The van der Waals surface area contributed by atoms with E-state index in [4.69, 9.17) is 9.15 Å². The SMILES string of the molecule is O=C(Oc1cc(=O)oc2c1c(=O)n1c3c(cccc23)CCC1)c1ccccc1. The summed E-state index contributed by atoms with van der Waals surface area (Å²) in [6, 6.07) is 15.1. The molecule has 2 aromatic carbocycles. The average molecular weight is 373 g/mol. The summed E-state index contributed by atoms with van der Waals surface area (Å²) in [6.45, 7) is 0.563. The molecule has 0 saturated carbocycles. The van der Waals surface area contributed by atoms with Gasteiger partial charge in [0.05, 0.1) is 17.1 Å². The van der Waals surface area contributed by atoms with Gasteiger partial charge in [-0.05, 0) is 36.6 Å². The second-order valence-electron chi connectivity index (χ2n) is 6.76. The molecule has 138 valence electrons. The number of ether oxygens (including phenoxy) is 1. The van der Waals surface area contributed by atoms with Crippen LogP contribution in [0.5, 0.6) is 5.75 Å². The third-order valence-electron chi connectivity index (χ3n) is 5.06. The molecule has 3 heterocycles. The van der Waals surface area contributed by atoms with Gasteiger partial charge in [-0.1, -0.05) is 30.3 Å². The Morgan fingerprint density at radius 1 is 1.04 bits per heavy atom. The van der Waals surface area contributed by atoms with Gasteiger partial charge in [-0.2, -0.15) is 0 Å². The minimum Gasteiger partial charge on any atom is -0.422 e. The first kappa shape index (κ1) is 16.5. The van der Waals surface area contributed by atoms with Gasteiger partial charge >= 0.3 is 11.6 Å². The zero-order valence-electron chi connectivity index (χ0n) is 14.8. The van der Waals surface area contributed by atoms with Crippen molar-refractivity contribution in [2.24, 2.45) is 0 Å². The van der Waals surface area contributed by atoms with Gasteiger partial charge in [0.25, 0.3) is 5.56 Å². The zero-order valence-corrected chi connectivity index (χ0v) is 14.8. The quantitative estimate of drug-likeness (QED) is 0.398. The molecule has 1 aliphatic rings. The molecule has 2 aromatic heterocycles. The van der Waals surface area contributed by atoms with Crippen molar-refractivity contribution in [3.8, 4) is 5.75 Å². The molecule has 28 heavy (non-hydrogen) atoms. The lowest BCUT2D eigenvalue weighted by molar-refractivity contribution is 0.0736. The topological polar surface area (TPSA) is 78.5 Å². The molecule has 6 nitrogen and oxygen atoms in total. The van der Waals surface area contributed by atoms with Gasteiger partial charge < -0.3 is 13.7 Å². The summed E-state index contributed by atoms with van der Waals surface area (Å²) in [7, 11) is 0. The van der Waals surface area contributed by atoms with Gasteiger partial charge in [-0.25, -0.2) is 9.59 Å². The molecule has 5 rings (SSSR count). The molecule has 0 saturated heterocycles. The first-order chi connectivity index (χ1) is 13.6. The van der Waals surface area contributed by atoms with E-state index in [1.807, 2.05) is 18.2 Å². The minimum atomic E-state index is -0.677. The second-order valence-corrected chi connectivity index (χ2v) is 6.76. The summed E-state index contributed by atoms with van der Waals surface area (Å²) in [4.78, 5) is 37.9. The summed E-state index contributed by atoms with van der Waals surface area (Å²) in [5, 5.41) is 0.775. The van der Waals surface area contributed by atoms with E-state index in [9.17, 15) is 14.4 Å². The Bertz CT molecular complexity index is 1370. The molecule has 0 radical (unpaired) electrons. The van der Waals surface area contributed by atoms with Gasteiger partial charge in [-0.3, -0.25) is 4.79 Å². The number of carbonyl (C=O) groups is 1. The summed E-state index contributed by atoms with van der Waals surface area (Å²) >= 11 is 0. The number of hydrogen-bond donors (Lipinski definition) is 0. The molecular formula is C22H15NO5. The van der Waals surface area contributed by atoms with Crippen molar-refractivity contribution >= 4 is 27.8 Å². The number of hydrogen-bond acceptors (Lipinski definition) is 5. The van der Waals surface area contributed by atoms with Crippen LogP contribution < -0.4 is 15.9 Å². The lowest BCUT2D eigenvalue weighted by atomic mass is 10.00. The molecule has 0 fully saturated rings. The van der Waals surface area contributed by atoms with Crippen LogP contribution in [-0.2, 0) is 13.0 Å². The molecule has 1 aliphatic heterocycles. The van der Waals surface area contributed by atoms with Crippen molar-refractivity contribution in [3.05, 3.63) is 86.5 Å². The number of rotatable bonds is 2. The Balaban J connectivity index is 1.81. The highest BCUT2D eigenvalue weighted by Crippen LogP contribution is 2.32. The van der Waals surface area contributed by atoms with Gasteiger partial charge in [0.15, 0.2) is 11.3 Å². The monoisotopic (exact) mass is 373 g/mol. The fourth-order valence-corrected chi connectivity index (χ4v) is 3.85. The van der Waals surface area contributed by atoms with Crippen molar-refractivity contribution in [2.45, 2.75) is 19.4 Å². The molecular weight excluding hydrogens is 358 g/mol. The van der Waals surface area contributed by atoms with E-state index >= 15 is 0 Å². The molecule has 4 aromatic rings. The second kappa shape index (κ2) is 6.20. The van der Waals surface area contributed by atoms with Crippen molar-refractivity contribution in [2.75, 3.05) is 0 Å². The minimum absolute atomic E-state index is 0.0771. The van der Waals surface area contributed by atoms with Crippen molar-refractivity contribution in [1.82, 2.24) is 4.57 Å². The molecule has 6 heteroatoms. The molecule has 0 unspecified atom stereocenters. The molecule has 0 spiro atoms. The average Bonchev–Trinajstić information content (AvgIpc) is 2.72. The maximum atomic E-state index is 13.2. The van der Waals surface area contributed by atoms with Gasteiger partial charge in [0.2, 0.25) is 0 Å². The van der Waals surface area contributed by atoms with Gasteiger partial charge in [0.1, 0.15) is 5.39 Å². The van der Waals surface area contributed by atoms with Crippen molar-refractivity contribution in [1.29, 1.82) is 0 Å². The lowest BCUT2D eigenvalue weighted by Crippen LogP contribution is -2.26. The molecule has 0 amide bonds. The number of nitrogens with zero attached hydrogens (tertiary/aromatic N) is 1. The van der Waals surface area contributed by atoms with Crippen LogP contribution in [-0.4, -0.2) is 10.5 Å². The maximum absolute atomic E-state index is 13.2. The smallest absolute Gasteiger partial charge is 0.343 e. The van der Waals surface area contributed by atoms with Crippen LogP contribution in [0.3, 0.4) is 0 Å². The largest absolute Gasteiger partial charge is 0.422 e. The number of esters is 1. The summed E-state index contributed by atoms with van der Waals surface area (Å²) < 4.78 is 12.5. The zero-order chi connectivity index (χ0) is 19.3. The van der Waals surface area contributed by atoms with E-state index in [0.717, 1.165) is 30.0 Å². The predicted octanol–water partition coefficient (Wildman–Crippen LogP) is 3.27. The van der Waals surface area contributed by atoms with Crippen LogP contribution in [0.4, 0.5) is 0 Å².